The summed E-state index contributed by atoms with van der Waals surface area (Å²) < 4.78 is 0. The smallest absolute Gasteiger partial charge is 0.356 e. The van der Waals surface area contributed by atoms with Crippen molar-refractivity contribution in [2.45, 2.75) is 25.3 Å². The van der Waals surface area contributed by atoms with Crippen molar-refractivity contribution in [3.05, 3.63) is 17.8 Å². The predicted molar refractivity (Wildman–Crippen MR) is 118 cm³/mol. The highest BCUT2D eigenvalue weighted by molar-refractivity contribution is 5.86. The second-order valence-electron chi connectivity index (χ2n) is 7.85. The lowest BCUT2D eigenvalue weighted by Gasteiger charge is -2.43. The number of carbonyl (C=O) groups is 2. The van der Waals surface area contributed by atoms with Crippen LogP contribution in [0.2, 0.25) is 0 Å². The SMILES string of the molecule is Cl.Cl.O=C(O)c1ccc(N2CCN(CC(=O)N3CCN(C4CCC4)CC3)CC2)nn1. The molecule has 11 heteroatoms. The number of nitrogens with zero attached hydrogens (tertiary/aromatic N) is 6. The van der Waals surface area contributed by atoms with E-state index in [-0.39, 0.29) is 36.4 Å². The molecular formula is C19H30Cl2N6O3. The van der Waals surface area contributed by atoms with Crippen LogP contribution in [0.3, 0.4) is 0 Å². The fourth-order valence-corrected chi connectivity index (χ4v) is 4.12. The number of aromatic nitrogens is 2. The zero-order valence-electron chi connectivity index (χ0n) is 17.0. The molecule has 2 aliphatic heterocycles. The Morgan fingerprint density at radius 1 is 0.933 bits per heavy atom. The molecular weight excluding hydrogens is 431 g/mol. The highest BCUT2D eigenvalue weighted by Crippen LogP contribution is 2.25. The number of carboxylic acids is 1. The van der Waals surface area contributed by atoms with Crippen molar-refractivity contribution < 1.29 is 14.7 Å². The third-order valence-corrected chi connectivity index (χ3v) is 6.18. The predicted octanol–water partition coefficient (Wildman–Crippen LogP) is 0.837. The van der Waals surface area contributed by atoms with E-state index >= 15 is 0 Å². The van der Waals surface area contributed by atoms with Gasteiger partial charge in [-0.25, -0.2) is 4.79 Å². The molecule has 2 saturated heterocycles. The molecule has 0 aromatic carbocycles. The van der Waals surface area contributed by atoms with Crippen molar-refractivity contribution >= 4 is 42.5 Å². The van der Waals surface area contributed by atoms with Gasteiger partial charge in [0.15, 0.2) is 11.5 Å². The number of hydrogen-bond acceptors (Lipinski definition) is 7. The molecule has 30 heavy (non-hydrogen) atoms. The summed E-state index contributed by atoms with van der Waals surface area (Å²) >= 11 is 0. The number of amides is 1. The molecule has 3 heterocycles. The number of rotatable bonds is 5. The molecule has 0 spiro atoms. The number of aromatic carboxylic acids is 1. The molecule has 0 unspecified atom stereocenters. The molecule has 4 rings (SSSR count). The highest BCUT2D eigenvalue weighted by atomic mass is 35.5. The van der Waals surface area contributed by atoms with Crippen LogP contribution in [-0.2, 0) is 4.79 Å². The van der Waals surface area contributed by atoms with Gasteiger partial charge in [-0.2, -0.15) is 0 Å². The van der Waals surface area contributed by atoms with Crippen molar-refractivity contribution in [1.29, 1.82) is 0 Å². The van der Waals surface area contributed by atoms with Gasteiger partial charge in [-0.3, -0.25) is 14.6 Å². The molecule has 1 amide bonds. The zero-order valence-corrected chi connectivity index (χ0v) is 18.6. The lowest BCUT2D eigenvalue weighted by Crippen LogP contribution is -2.56. The van der Waals surface area contributed by atoms with Crippen LogP contribution >= 0.6 is 24.8 Å². The quantitative estimate of drug-likeness (QED) is 0.690. The Hall–Kier alpha value is -1.68. The molecule has 3 aliphatic rings. The minimum Gasteiger partial charge on any atom is -0.476 e. The van der Waals surface area contributed by atoms with Crippen LogP contribution in [0, 0.1) is 0 Å². The average molecular weight is 461 g/mol. The molecule has 0 bridgehead atoms. The maximum Gasteiger partial charge on any atom is 0.356 e. The Labute approximate surface area is 189 Å². The molecule has 168 valence electrons. The fourth-order valence-electron chi connectivity index (χ4n) is 4.12. The van der Waals surface area contributed by atoms with E-state index in [1.165, 1.54) is 25.3 Å². The van der Waals surface area contributed by atoms with Crippen LogP contribution < -0.4 is 4.90 Å². The summed E-state index contributed by atoms with van der Waals surface area (Å²) in [6, 6.07) is 3.93. The monoisotopic (exact) mass is 460 g/mol. The minimum absolute atomic E-state index is 0. The van der Waals surface area contributed by atoms with Crippen LogP contribution in [0.15, 0.2) is 12.1 Å². The van der Waals surface area contributed by atoms with Gasteiger partial charge in [-0.15, -0.1) is 35.0 Å². The molecule has 3 fully saturated rings. The Bertz CT molecular complexity index is 703. The van der Waals surface area contributed by atoms with Crippen molar-refractivity contribution in [2.24, 2.45) is 0 Å². The van der Waals surface area contributed by atoms with Crippen LogP contribution in [-0.4, -0.2) is 107 Å². The Morgan fingerprint density at radius 3 is 2.10 bits per heavy atom. The molecule has 1 saturated carbocycles. The number of anilines is 1. The maximum absolute atomic E-state index is 12.7. The molecule has 1 aromatic heterocycles. The Morgan fingerprint density at radius 2 is 1.60 bits per heavy atom. The van der Waals surface area contributed by atoms with Gasteiger partial charge in [0.25, 0.3) is 0 Å². The van der Waals surface area contributed by atoms with E-state index in [2.05, 4.69) is 24.9 Å². The molecule has 1 aliphatic carbocycles. The number of carbonyl (C=O) groups excluding carboxylic acids is 1. The van der Waals surface area contributed by atoms with E-state index in [4.69, 9.17) is 5.11 Å². The minimum atomic E-state index is -1.07. The first-order chi connectivity index (χ1) is 13.6. The molecule has 0 radical (unpaired) electrons. The number of piperazine rings is 2. The largest absolute Gasteiger partial charge is 0.476 e. The summed E-state index contributed by atoms with van der Waals surface area (Å²) in [6.45, 7) is 7.27. The van der Waals surface area contributed by atoms with E-state index in [0.717, 1.165) is 58.4 Å². The van der Waals surface area contributed by atoms with Gasteiger partial charge in [-0.1, -0.05) is 6.42 Å². The first-order valence-electron chi connectivity index (χ1n) is 10.2. The van der Waals surface area contributed by atoms with Crippen molar-refractivity contribution in [2.75, 3.05) is 63.8 Å². The van der Waals surface area contributed by atoms with Crippen LogP contribution in [0.25, 0.3) is 0 Å². The van der Waals surface area contributed by atoms with Crippen LogP contribution in [0.1, 0.15) is 29.8 Å². The van der Waals surface area contributed by atoms with Gasteiger partial charge in [0.05, 0.1) is 6.54 Å². The Kier molecular flexibility index (Phi) is 9.09. The highest BCUT2D eigenvalue weighted by Gasteiger charge is 2.30. The van der Waals surface area contributed by atoms with Gasteiger partial charge < -0.3 is 14.9 Å². The summed E-state index contributed by atoms with van der Waals surface area (Å²) in [5.74, 6) is -0.161. The van der Waals surface area contributed by atoms with Gasteiger partial charge >= 0.3 is 5.97 Å². The van der Waals surface area contributed by atoms with Gasteiger partial charge in [0, 0.05) is 58.4 Å². The normalized spacial score (nSPS) is 20.7. The lowest BCUT2D eigenvalue weighted by molar-refractivity contribution is -0.134. The van der Waals surface area contributed by atoms with E-state index < -0.39 is 5.97 Å². The van der Waals surface area contributed by atoms with E-state index in [1.54, 1.807) is 6.07 Å². The molecule has 0 atom stereocenters. The molecule has 1 aromatic rings. The van der Waals surface area contributed by atoms with Gasteiger partial charge in [0.2, 0.25) is 5.91 Å². The second kappa shape index (κ2) is 11.1. The second-order valence-corrected chi connectivity index (χ2v) is 7.85. The third kappa shape index (κ3) is 5.72. The van der Waals surface area contributed by atoms with Crippen molar-refractivity contribution in [3.63, 3.8) is 0 Å². The average Bonchev–Trinajstić information content (AvgIpc) is 2.68. The summed E-state index contributed by atoms with van der Waals surface area (Å²) in [5, 5.41) is 16.7. The fraction of sp³-hybridized carbons (Fsp3) is 0.684. The summed E-state index contributed by atoms with van der Waals surface area (Å²) in [5.41, 5.74) is -0.0506. The van der Waals surface area contributed by atoms with E-state index in [9.17, 15) is 9.59 Å². The first-order valence-corrected chi connectivity index (χ1v) is 10.2. The maximum atomic E-state index is 12.7. The number of carboxylic acid groups (broad SMARTS) is 1. The molecule has 9 nitrogen and oxygen atoms in total. The third-order valence-electron chi connectivity index (χ3n) is 6.18. The van der Waals surface area contributed by atoms with Crippen molar-refractivity contribution in [3.8, 4) is 0 Å². The van der Waals surface area contributed by atoms with E-state index in [1.807, 2.05) is 4.90 Å². The molecule has 1 N–H and O–H groups in total. The number of hydrogen-bond donors (Lipinski definition) is 1. The van der Waals surface area contributed by atoms with Crippen LogP contribution in [0.4, 0.5) is 5.82 Å². The van der Waals surface area contributed by atoms with Gasteiger partial charge in [-0.05, 0) is 25.0 Å². The van der Waals surface area contributed by atoms with Crippen LogP contribution in [0.5, 0.6) is 0 Å². The number of halogens is 2. The standard InChI is InChI=1S/C19H28N6O3.2ClH/c26-18(25-12-10-23(11-13-25)15-2-1-3-15)14-22-6-8-24(9-7-22)17-5-4-16(19(27)28)20-21-17;;/h4-5,15H,1-3,6-14H2,(H,27,28);2*1H. The lowest BCUT2D eigenvalue weighted by atomic mass is 9.91. The van der Waals surface area contributed by atoms with E-state index in [0.29, 0.717) is 12.4 Å². The first kappa shape index (κ1) is 24.6. The van der Waals surface area contributed by atoms with Crippen molar-refractivity contribution in [1.82, 2.24) is 24.9 Å². The topological polar surface area (TPSA) is 93.1 Å². The summed E-state index contributed by atoms with van der Waals surface area (Å²) in [7, 11) is 0. The summed E-state index contributed by atoms with van der Waals surface area (Å²) in [4.78, 5) is 32.4. The zero-order chi connectivity index (χ0) is 19.5. The summed E-state index contributed by atoms with van der Waals surface area (Å²) in [6.07, 6.45) is 3.99. The Balaban J connectivity index is 0.00000160. The van der Waals surface area contributed by atoms with Gasteiger partial charge in [0.1, 0.15) is 0 Å².